The van der Waals surface area contributed by atoms with Crippen LogP contribution in [-0.4, -0.2) is 25.1 Å². The third-order valence-corrected chi connectivity index (χ3v) is 4.10. The number of halogens is 2. The molecule has 0 saturated heterocycles. The molecule has 2 rings (SSSR count). The maximum Gasteiger partial charge on any atom is 0.387 e. The number of hydrogen-bond acceptors (Lipinski definition) is 4. The molecular formula is C15H18F2N2OS. The van der Waals surface area contributed by atoms with Crippen LogP contribution in [-0.2, 0) is 6.54 Å². The number of thiophene rings is 1. The summed E-state index contributed by atoms with van der Waals surface area (Å²) in [5.74, 6) is 0.181. The summed E-state index contributed by atoms with van der Waals surface area (Å²) in [4.78, 5) is 3.24. The highest BCUT2D eigenvalue weighted by Crippen LogP contribution is 2.30. The molecule has 2 N–H and O–H groups in total. The molecule has 0 aliphatic heterocycles. The van der Waals surface area contributed by atoms with Gasteiger partial charge in [-0.25, -0.2) is 0 Å². The molecule has 114 valence electrons. The summed E-state index contributed by atoms with van der Waals surface area (Å²) in [5.41, 5.74) is 6.53. The lowest BCUT2D eigenvalue weighted by Crippen LogP contribution is -2.30. The van der Waals surface area contributed by atoms with Crippen LogP contribution in [0.3, 0.4) is 0 Å². The van der Waals surface area contributed by atoms with E-state index in [1.54, 1.807) is 35.6 Å². The number of hydrogen-bond donors (Lipinski definition) is 1. The first-order chi connectivity index (χ1) is 10.1. The molecule has 0 saturated carbocycles. The molecule has 3 nitrogen and oxygen atoms in total. The van der Waals surface area contributed by atoms with Crippen LogP contribution in [0, 0.1) is 0 Å². The molecule has 1 aromatic heterocycles. The Labute approximate surface area is 126 Å². The van der Waals surface area contributed by atoms with Crippen molar-refractivity contribution < 1.29 is 13.5 Å². The van der Waals surface area contributed by atoms with Crippen molar-refractivity contribution in [2.45, 2.75) is 19.2 Å². The average Bonchev–Trinajstić information content (AvgIpc) is 2.93. The van der Waals surface area contributed by atoms with Crippen LogP contribution >= 0.6 is 11.3 Å². The molecule has 1 heterocycles. The van der Waals surface area contributed by atoms with Crippen LogP contribution in [0.25, 0.3) is 0 Å². The molecule has 0 aliphatic rings. The molecule has 0 amide bonds. The predicted molar refractivity (Wildman–Crippen MR) is 80.7 cm³/mol. The van der Waals surface area contributed by atoms with Crippen LogP contribution in [0.15, 0.2) is 41.8 Å². The van der Waals surface area contributed by atoms with Crippen LogP contribution in [0.1, 0.15) is 16.5 Å². The Morgan fingerprint density at radius 1 is 1.24 bits per heavy atom. The van der Waals surface area contributed by atoms with Crippen molar-refractivity contribution >= 4 is 11.3 Å². The van der Waals surface area contributed by atoms with E-state index in [4.69, 9.17) is 5.73 Å². The summed E-state index contributed by atoms with van der Waals surface area (Å²) < 4.78 is 29.6. The number of nitrogens with two attached hydrogens (primary N) is 1. The minimum Gasteiger partial charge on any atom is -0.434 e. The van der Waals surface area contributed by atoms with Crippen LogP contribution in [0.5, 0.6) is 5.75 Å². The third-order valence-electron chi connectivity index (χ3n) is 3.23. The maximum absolute atomic E-state index is 12.5. The maximum atomic E-state index is 12.5. The minimum atomic E-state index is -2.84. The summed E-state index contributed by atoms with van der Waals surface area (Å²) in [6, 6.07) is 10.6. The molecule has 21 heavy (non-hydrogen) atoms. The molecule has 0 radical (unpaired) electrons. The number of alkyl halides is 2. The van der Waals surface area contributed by atoms with Gasteiger partial charge >= 0.3 is 6.61 Å². The Morgan fingerprint density at radius 2 is 2.00 bits per heavy atom. The highest BCUT2D eigenvalue weighted by Gasteiger charge is 2.21. The molecule has 1 unspecified atom stereocenters. The summed E-state index contributed by atoms with van der Waals surface area (Å²) >= 11 is 1.66. The van der Waals surface area contributed by atoms with E-state index in [0.717, 1.165) is 0 Å². The van der Waals surface area contributed by atoms with Gasteiger partial charge in [0.2, 0.25) is 0 Å². The van der Waals surface area contributed by atoms with Crippen molar-refractivity contribution in [1.29, 1.82) is 0 Å². The number of rotatable bonds is 7. The van der Waals surface area contributed by atoms with Crippen molar-refractivity contribution in [2.75, 3.05) is 13.6 Å². The van der Waals surface area contributed by atoms with Crippen molar-refractivity contribution in [3.8, 4) is 5.75 Å². The zero-order valence-electron chi connectivity index (χ0n) is 11.7. The van der Waals surface area contributed by atoms with Crippen molar-refractivity contribution in [1.82, 2.24) is 4.90 Å². The Kier molecular flexibility index (Phi) is 5.67. The normalized spacial score (nSPS) is 12.9. The van der Waals surface area contributed by atoms with Gasteiger partial charge in [-0.1, -0.05) is 24.3 Å². The molecule has 0 bridgehead atoms. The molecule has 0 aliphatic carbocycles. The number of ether oxygens (including phenoxy) is 1. The highest BCUT2D eigenvalue weighted by molar-refractivity contribution is 7.09. The second-order valence-corrected chi connectivity index (χ2v) is 5.69. The summed E-state index contributed by atoms with van der Waals surface area (Å²) in [7, 11) is 1.93. The van der Waals surface area contributed by atoms with Crippen molar-refractivity contribution in [3.63, 3.8) is 0 Å². The van der Waals surface area contributed by atoms with Gasteiger partial charge in [-0.05, 0) is 24.6 Å². The summed E-state index contributed by atoms with van der Waals surface area (Å²) in [6.07, 6.45) is 0. The van der Waals surface area contributed by atoms with Gasteiger partial charge in [0, 0.05) is 23.5 Å². The van der Waals surface area contributed by atoms with Gasteiger partial charge in [-0.15, -0.1) is 11.3 Å². The first-order valence-electron chi connectivity index (χ1n) is 6.58. The fourth-order valence-electron chi connectivity index (χ4n) is 2.26. The van der Waals surface area contributed by atoms with Crippen molar-refractivity contribution in [3.05, 3.63) is 52.2 Å². The van der Waals surface area contributed by atoms with E-state index in [1.165, 1.54) is 4.88 Å². The van der Waals surface area contributed by atoms with Crippen LogP contribution < -0.4 is 10.5 Å². The lowest BCUT2D eigenvalue weighted by molar-refractivity contribution is -0.0511. The van der Waals surface area contributed by atoms with E-state index in [1.807, 2.05) is 29.5 Å². The Hall–Kier alpha value is -1.50. The minimum absolute atomic E-state index is 0.179. The summed E-state index contributed by atoms with van der Waals surface area (Å²) in [6.45, 7) is -1.80. The Morgan fingerprint density at radius 3 is 2.62 bits per heavy atom. The lowest BCUT2D eigenvalue weighted by atomic mass is 10.0. The van der Waals surface area contributed by atoms with Gasteiger partial charge in [-0.2, -0.15) is 8.78 Å². The van der Waals surface area contributed by atoms with Crippen LogP contribution in [0.4, 0.5) is 8.78 Å². The summed E-state index contributed by atoms with van der Waals surface area (Å²) in [5, 5.41) is 2.01. The number of nitrogens with zero attached hydrogens (tertiary/aromatic N) is 1. The monoisotopic (exact) mass is 312 g/mol. The van der Waals surface area contributed by atoms with E-state index in [-0.39, 0.29) is 11.8 Å². The first kappa shape index (κ1) is 15.9. The second-order valence-electron chi connectivity index (χ2n) is 4.66. The largest absolute Gasteiger partial charge is 0.434 e. The predicted octanol–water partition coefficient (Wildman–Crippen LogP) is 3.48. The van der Waals surface area contributed by atoms with Gasteiger partial charge < -0.3 is 10.5 Å². The zero-order chi connectivity index (χ0) is 15.2. The number of likely N-dealkylation sites (N-methyl/N-ethyl adjacent to an activating group) is 1. The van der Waals surface area contributed by atoms with Gasteiger partial charge in [0.15, 0.2) is 0 Å². The average molecular weight is 312 g/mol. The zero-order valence-corrected chi connectivity index (χ0v) is 12.5. The van der Waals surface area contributed by atoms with E-state index < -0.39 is 6.61 Å². The van der Waals surface area contributed by atoms with Gasteiger partial charge in [0.25, 0.3) is 0 Å². The molecule has 0 fully saturated rings. The first-order valence-corrected chi connectivity index (χ1v) is 7.46. The molecule has 1 aromatic carbocycles. The fourth-order valence-corrected chi connectivity index (χ4v) is 3.03. The Bertz CT molecular complexity index is 548. The molecule has 6 heteroatoms. The number of benzene rings is 1. The van der Waals surface area contributed by atoms with E-state index in [2.05, 4.69) is 4.74 Å². The number of para-hydroxylation sites is 1. The molecule has 1 atom stereocenters. The highest BCUT2D eigenvalue weighted by atomic mass is 32.1. The molecule has 0 spiro atoms. The van der Waals surface area contributed by atoms with Crippen molar-refractivity contribution in [2.24, 2.45) is 5.73 Å². The molecular weight excluding hydrogens is 294 g/mol. The lowest BCUT2D eigenvalue weighted by Gasteiger charge is -2.28. The van der Waals surface area contributed by atoms with E-state index >= 15 is 0 Å². The van der Waals surface area contributed by atoms with Gasteiger partial charge in [0.1, 0.15) is 5.75 Å². The van der Waals surface area contributed by atoms with E-state index in [9.17, 15) is 8.78 Å². The fraction of sp³-hybridized carbons (Fsp3) is 0.333. The van der Waals surface area contributed by atoms with Gasteiger partial charge in [0.05, 0.1) is 6.04 Å². The molecule has 2 aromatic rings. The second kappa shape index (κ2) is 7.49. The topological polar surface area (TPSA) is 38.5 Å². The standard InChI is InChI=1S/C15H18F2N2OS/c1-19(10-11-5-4-8-21-11)13(9-18)12-6-2-3-7-14(12)20-15(16)17/h2-8,13,15H,9-10,18H2,1H3. The quantitative estimate of drug-likeness (QED) is 0.850. The van der Waals surface area contributed by atoms with Gasteiger partial charge in [-0.3, -0.25) is 4.90 Å². The smallest absolute Gasteiger partial charge is 0.387 e. The van der Waals surface area contributed by atoms with Crippen LogP contribution in [0.2, 0.25) is 0 Å². The Balaban J connectivity index is 2.20. The third kappa shape index (κ3) is 4.23. The van der Waals surface area contributed by atoms with E-state index in [0.29, 0.717) is 18.7 Å². The SMILES string of the molecule is CN(Cc1cccs1)C(CN)c1ccccc1OC(F)F.